The van der Waals surface area contributed by atoms with Crippen LogP contribution in [0.3, 0.4) is 0 Å². The lowest BCUT2D eigenvalue weighted by atomic mass is 10.3. The van der Waals surface area contributed by atoms with Crippen molar-refractivity contribution in [1.82, 2.24) is 0 Å². The summed E-state index contributed by atoms with van der Waals surface area (Å²) in [6.07, 6.45) is 3.53. The minimum atomic E-state index is -0.471. The Labute approximate surface area is 83.4 Å². The van der Waals surface area contributed by atoms with Gasteiger partial charge in [0.2, 0.25) is 0 Å². The van der Waals surface area contributed by atoms with Crippen molar-refractivity contribution in [2.75, 3.05) is 5.32 Å². The van der Waals surface area contributed by atoms with Crippen molar-refractivity contribution < 1.29 is 9.53 Å². The van der Waals surface area contributed by atoms with Gasteiger partial charge in [0.15, 0.2) is 0 Å². The summed E-state index contributed by atoms with van der Waals surface area (Å²) in [6, 6.07) is 9.16. The van der Waals surface area contributed by atoms with Gasteiger partial charge in [0.05, 0.1) is 6.26 Å². The summed E-state index contributed by atoms with van der Waals surface area (Å²) in [5.74, 6) is 0. The molecule has 14 heavy (non-hydrogen) atoms. The summed E-state index contributed by atoms with van der Waals surface area (Å²) in [4.78, 5) is 11.1. The maximum atomic E-state index is 11.1. The predicted octanol–water partition coefficient (Wildman–Crippen LogP) is 3.16. The Hall–Kier alpha value is -1.77. The molecule has 0 aromatic heterocycles. The highest BCUT2D eigenvalue weighted by Crippen LogP contribution is 2.05. The van der Waals surface area contributed by atoms with Crippen LogP contribution in [0, 0.1) is 0 Å². The molecule has 0 aliphatic heterocycles. The molecule has 1 N–H and O–H groups in total. The fraction of sp³-hybridized carbons (Fsp3) is 0.182. The number of rotatable bonds is 3. The molecule has 1 rings (SSSR count). The zero-order chi connectivity index (χ0) is 10.2. The molecule has 0 spiro atoms. The molecule has 0 bridgehead atoms. The minimum absolute atomic E-state index is 0.471. The van der Waals surface area contributed by atoms with Crippen LogP contribution in [0.2, 0.25) is 0 Å². The highest BCUT2D eigenvalue weighted by Gasteiger charge is 1.98. The van der Waals surface area contributed by atoms with Crippen LogP contribution in [0.15, 0.2) is 42.7 Å². The van der Waals surface area contributed by atoms with Crippen LogP contribution in [0.5, 0.6) is 0 Å². The van der Waals surface area contributed by atoms with Gasteiger partial charge in [-0.2, -0.15) is 0 Å². The molecule has 3 nitrogen and oxygen atoms in total. The fourth-order valence-electron chi connectivity index (χ4n) is 0.875. The van der Waals surface area contributed by atoms with Gasteiger partial charge in [-0.15, -0.1) is 0 Å². The summed E-state index contributed by atoms with van der Waals surface area (Å²) in [6.45, 7) is 1.97. The molecule has 0 heterocycles. The van der Waals surface area contributed by atoms with Crippen LogP contribution >= 0.6 is 0 Å². The average Bonchev–Trinajstić information content (AvgIpc) is 2.20. The predicted molar refractivity (Wildman–Crippen MR) is 56.0 cm³/mol. The van der Waals surface area contributed by atoms with E-state index in [4.69, 9.17) is 4.74 Å². The van der Waals surface area contributed by atoms with Crippen LogP contribution < -0.4 is 5.32 Å². The first-order valence-corrected chi connectivity index (χ1v) is 4.50. The van der Waals surface area contributed by atoms with Gasteiger partial charge in [0.25, 0.3) is 0 Å². The van der Waals surface area contributed by atoms with E-state index in [1.807, 2.05) is 25.1 Å². The number of hydrogen-bond donors (Lipinski definition) is 1. The van der Waals surface area contributed by atoms with Crippen molar-refractivity contribution in [3.63, 3.8) is 0 Å². The van der Waals surface area contributed by atoms with Gasteiger partial charge >= 0.3 is 6.09 Å². The molecule has 0 atom stereocenters. The fourth-order valence-corrected chi connectivity index (χ4v) is 0.875. The third kappa shape index (κ3) is 3.76. The maximum absolute atomic E-state index is 11.1. The second-order valence-corrected chi connectivity index (χ2v) is 2.68. The van der Waals surface area contributed by atoms with Crippen LogP contribution in [0.1, 0.15) is 13.3 Å². The van der Waals surface area contributed by atoms with Crippen molar-refractivity contribution in [2.45, 2.75) is 13.3 Å². The number of ether oxygens (including phenoxy) is 1. The summed E-state index contributed by atoms with van der Waals surface area (Å²) in [5, 5.41) is 2.59. The third-order valence-corrected chi connectivity index (χ3v) is 1.53. The Kier molecular flexibility index (Phi) is 4.27. The topological polar surface area (TPSA) is 38.3 Å². The normalized spacial score (nSPS) is 10.1. The molecular weight excluding hydrogens is 178 g/mol. The molecule has 3 heteroatoms. The van der Waals surface area contributed by atoms with Crippen molar-refractivity contribution in [1.29, 1.82) is 0 Å². The van der Waals surface area contributed by atoms with Crippen LogP contribution in [-0.4, -0.2) is 6.09 Å². The largest absolute Gasteiger partial charge is 0.418 e. The maximum Gasteiger partial charge on any atom is 0.416 e. The molecule has 0 aliphatic carbocycles. The van der Waals surface area contributed by atoms with E-state index in [2.05, 4.69) is 5.32 Å². The molecule has 0 unspecified atom stereocenters. The highest BCUT2D eigenvalue weighted by atomic mass is 16.5. The Bertz CT molecular complexity index is 306. The molecule has 0 fully saturated rings. The SMILES string of the molecule is CC/C=C\OC(=O)Nc1ccccc1. The van der Waals surface area contributed by atoms with Gasteiger partial charge in [-0.1, -0.05) is 25.1 Å². The number of anilines is 1. The van der Waals surface area contributed by atoms with Gasteiger partial charge in [0.1, 0.15) is 0 Å². The summed E-state index contributed by atoms with van der Waals surface area (Å²) in [7, 11) is 0. The Morgan fingerprint density at radius 1 is 1.43 bits per heavy atom. The van der Waals surface area contributed by atoms with E-state index in [9.17, 15) is 4.79 Å². The van der Waals surface area contributed by atoms with Gasteiger partial charge in [0, 0.05) is 5.69 Å². The van der Waals surface area contributed by atoms with E-state index in [0.717, 1.165) is 12.1 Å². The molecule has 0 saturated carbocycles. The van der Waals surface area contributed by atoms with Gasteiger partial charge in [-0.25, -0.2) is 4.79 Å². The first-order chi connectivity index (χ1) is 6.83. The van der Waals surface area contributed by atoms with E-state index in [-0.39, 0.29) is 0 Å². The smallest absolute Gasteiger partial charge is 0.416 e. The van der Waals surface area contributed by atoms with Crippen molar-refractivity contribution in [2.24, 2.45) is 0 Å². The van der Waals surface area contributed by atoms with E-state index in [1.54, 1.807) is 18.2 Å². The molecule has 0 aliphatic rings. The lowest BCUT2D eigenvalue weighted by Crippen LogP contribution is -2.10. The number of nitrogens with one attached hydrogen (secondary N) is 1. The monoisotopic (exact) mass is 191 g/mol. The third-order valence-electron chi connectivity index (χ3n) is 1.53. The summed E-state index contributed by atoms with van der Waals surface area (Å²) in [5.41, 5.74) is 0.724. The second kappa shape index (κ2) is 5.80. The van der Waals surface area contributed by atoms with E-state index in [1.165, 1.54) is 6.26 Å². The lowest BCUT2D eigenvalue weighted by molar-refractivity contribution is 0.201. The zero-order valence-corrected chi connectivity index (χ0v) is 8.07. The van der Waals surface area contributed by atoms with Crippen molar-refractivity contribution >= 4 is 11.8 Å². The number of hydrogen-bond acceptors (Lipinski definition) is 2. The molecule has 1 amide bonds. The number of amides is 1. The Morgan fingerprint density at radius 3 is 2.79 bits per heavy atom. The second-order valence-electron chi connectivity index (χ2n) is 2.68. The molecule has 0 saturated heterocycles. The van der Waals surface area contributed by atoms with Gasteiger partial charge in [-0.3, -0.25) is 5.32 Å². The van der Waals surface area contributed by atoms with Crippen LogP contribution in [0.25, 0.3) is 0 Å². The molecular formula is C11H13NO2. The molecule has 1 aromatic carbocycles. The van der Waals surface area contributed by atoms with Crippen molar-refractivity contribution in [3.05, 3.63) is 42.7 Å². The standard InChI is InChI=1S/C11H13NO2/c1-2-3-9-14-11(13)12-10-7-5-4-6-8-10/h3-9H,2H2,1H3,(H,12,13)/b9-3-. The number of benzene rings is 1. The Balaban J connectivity index is 2.38. The summed E-state index contributed by atoms with van der Waals surface area (Å²) >= 11 is 0. The molecule has 1 aromatic rings. The first kappa shape index (κ1) is 10.3. The zero-order valence-electron chi connectivity index (χ0n) is 8.07. The Morgan fingerprint density at radius 2 is 2.14 bits per heavy atom. The number of allylic oxidation sites excluding steroid dienone is 1. The average molecular weight is 191 g/mol. The number of carbonyl (C=O) groups is 1. The van der Waals surface area contributed by atoms with E-state index >= 15 is 0 Å². The van der Waals surface area contributed by atoms with Crippen LogP contribution in [0.4, 0.5) is 10.5 Å². The molecule has 74 valence electrons. The number of para-hydroxylation sites is 1. The van der Waals surface area contributed by atoms with Crippen molar-refractivity contribution in [3.8, 4) is 0 Å². The van der Waals surface area contributed by atoms with Crippen LogP contribution in [-0.2, 0) is 4.74 Å². The number of carbonyl (C=O) groups excluding carboxylic acids is 1. The molecule has 0 radical (unpaired) electrons. The van der Waals surface area contributed by atoms with E-state index < -0.39 is 6.09 Å². The summed E-state index contributed by atoms with van der Waals surface area (Å²) < 4.78 is 4.76. The van der Waals surface area contributed by atoms with E-state index in [0.29, 0.717) is 0 Å². The lowest BCUT2D eigenvalue weighted by Gasteiger charge is -2.02. The van der Waals surface area contributed by atoms with Gasteiger partial charge < -0.3 is 4.74 Å². The first-order valence-electron chi connectivity index (χ1n) is 4.50. The quantitative estimate of drug-likeness (QED) is 0.745. The minimum Gasteiger partial charge on any atom is -0.418 e. The highest BCUT2D eigenvalue weighted by molar-refractivity contribution is 5.84. The van der Waals surface area contributed by atoms with Gasteiger partial charge in [-0.05, 0) is 24.6 Å².